The van der Waals surface area contributed by atoms with E-state index in [4.69, 9.17) is 5.73 Å². The van der Waals surface area contributed by atoms with Gasteiger partial charge >= 0.3 is 5.97 Å². The van der Waals surface area contributed by atoms with Gasteiger partial charge in [0.1, 0.15) is 11.6 Å². The Morgan fingerprint density at radius 3 is 2.42 bits per heavy atom. The third kappa shape index (κ3) is 11.4. The number of nitrogen functional groups attached to an aromatic ring is 1. The third-order valence-electron chi connectivity index (χ3n) is 15.3. The van der Waals surface area contributed by atoms with Crippen molar-refractivity contribution < 1.29 is 35.4 Å². The number of pyridine rings is 1. The average molecular weight is 875 g/mol. The van der Waals surface area contributed by atoms with Crippen LogP contribution >= 0.6 is 0 Å². The summed E-state index contributed by atoms with van der Waals surface area (Å²) in [6.07, 6.45) is 18.0. The molecule has 3 aliphatic rings. The summed E-state index contributed by atoms with van der Waals surface area (Å²) in [6, 6.07) is 18.8. The number of aromatic amines is 1. The second kappa shape index (κ2) is 21.6. The fourth-order valence-corrected chi connectivity index (χ4v) is 12.0. The quantitative estimate of drug-likeness (QED) is 0.0399. The van der Waals surface area contributed by atoms with Crippen molar-refractivity contribution in [2.45, 2.75) is 153 Å². The van der Waals surface area contributed by atoms with Crippen molar-refractivity contribution in [1.82, 2.24) is 9.97 Å². The van der Waals surface area contributed by atoms with E-state index in [2.05, 4.69) is 42.0 Å². The number of hydrogen-bond acceptors (Lipinski definition) is 8. The number of hydrogen-bond donors (Lipinski definition) is 7. The minimum atomic E-state index is -1.17. The number of fused-ring (bicyclic) bond motifs is 1. The predicted molar refractivity (Wildman–Crippen MR) is 251 cm³/mol. The number of phenolic OH excluding ortho intramolecular Hbond substituents is 1. The zero-order chi connectivity index (χ0) is 45.4. The van der Waals surface area contributed by atoms with Gasteiger partial charge in [0.2, 0.25) is 0 Å². The number of carbonyl (C=O) groups is 1. The van der Waals surface area contributed by atoms with E-state index in [1.807, 2.05) is 42.5 Å². The number of carboxylic acids is 1. The number of aromatic hydroxyl groups is 1. The number of aliphatic carboxylic acids is 1. The summed E-state index contributed by atoms with van der Waals surface area (Å²) in [4.78, 5) is 21.1. The van der Waals surface area contributed by atoms with Crippen LogP contribution in [-0.4, -0.2) is 59.3 Å². The number of phenols is 1. The fourth-order valence-electron chi connectivity index (χ4n) is 12.0. The Balaban J connectivity index is 1.19. The van der Waals surface area contributed by atoms with Gasteiger partial charge < -0.3 is 41.4 Å². The molecular weight excluding hydrogens is 803 g/mol. The molecule has 2 saturated carbocycles. The monoisotopic (exact) mass is 875 g/mol. The van der Waals surface area contributed by atoms with E-state index in [0.717, 1.165) is 66.6 Å². The number of H-pyrrole nitrogens is 1. The summed E-state index contributed by atoms with van der Waals surface area (Å²) < 4.78 is 0. The van der Waals surface area contributed by atoms with Crippen LogP contribution in [0.3, 0.4) is 0 Å². The zero-order valence-electron chi connectivity index (χ0n) is 38.0. The minimum absolute atomic E-state index is 0.0970. The third-order valence-corrected chi connectivity index (χ3v) is 15.3. The second-order valence-corrected chi connectivity index (χ2v) is 19.7. The molecule has 4 aromatic rings. The number of rotatable bonds is 17. The van der Waals surface area contributed by atoms with E-state index >= 15 is 0 Å². The maximum atomic E-state index is 13.6. The van der Waals surface area contributed by atoms with Gasteiger partial charge in [0.15, 0.2) is 0 Å². The molecule has 346 valence electrons. The maximum absolute atomic E-state index is 13.6. The van der Waals surface area contributed by atoms with Crippen LogP contribution < -0.4 is 10.8 Å². The number of aryl methyl sites for hydroxylation is 1. The number of unbranched alkanes of at least 4 members (excludes halogenated alkanes) is 3. The Kier molecular flexibility index (Phi) is 15.9. The SMILES string of the molecule is CCCCC[C@@H]1C=C[C@@H](CCCC[C@H]2CC[C@@H](c3cc(CC)c(-c4cc(O)cc([O-])c4Cc4ccccc4)[nH]3)[C@@H]3C[C@H](Cc4ccnc(N)c4)C[C@@]3(O)CC[C@H](O)[C@H]2C(=O)O)[C@H](O)C1. The van der Waals surface area contributed by atoms with Gasteiger partial charge in [0.05, 0.1) is 23.7 Å². The van der Waals surface area contributed by atoms with Crippen molar-refractivity contribution >= 4 is 11.8 Å². The number of carboxylic acid groups (broad SMARTS) is 1. The van der Waals surface area contributed by atoms with Crippen LogP contribution in [0.4, 0.5) is 5.82 Å². The van der Waals surface area contributed by atoms with E-state index in [1.54, 1.807) is 12.3 Å². The van der Waals surface area contributed by atoms with Gasteiger partial charge in [-0.2, -0.15) is 0 Å². The molecule has 2 fully saturated rings. The summed E-state index contributed by atoms with van der Waals surface area (Å²) in [5.41, 5.74) is 10.9. The lowest BCUT2D eigenvalue weighted by molar-refractivity contribution is -0.269. The Hall–Kier alpha value is -4.64. The molecular formula is C54H72N3O7-. The highest BCUT2D eigenvalue weighted by Gasteiger charge is 2.51. The van der Waals surface area contributed by atoms with Gasteiger partial charge in [0, 0.05) is 35.0 Å². The number of benzene rings is 2. The molecule has 2 aromatic carbocycles. The Bertz CT molecular complexity index is 2170. The van der Waals surface area contributed by atoms with Gasteiger partial charge in [-0.25, -0.2) is 4.98 Å². The molecule has 0 aliphatic heterocycles. The van der Waals surface area contributed by atoms with Crippen molar-refractivity contribution in [3.05, 3.63) is 107 Å². The summed E-state index contributed by atoms with van der Waals surface area (Å²) in [5, 5.41) is 70.9. The number of aromatic nitrogens is 2. The smallest absolute Gasteiger partial charge is 0.309 e. The van der Waals surface area contributed by atoms with E-state index in [0.29, 0.717) is 67.8 Å². The van der Waals surface area contributed by atoms with Crippen LogP contribution in [0, 0.1) is 35.5 Å². The highest BCUT2D eigenvalue weighted by atomic mass is 16.4. The number of nitrogens with two attached hydrogens (primary N) is 1. The standard InChI is InChI=1S/C54H73N3O7/c1-3-5-7-12-35-17-18-39(48(60)28-35)15-10-11-16-40-19-20-42(45-27-37(25-36-22-24-56-50(55)29-36)33-54(45,64)23-21-47(59)51(40)53(62)63)46-30-38(4-2)52(57-46)44-31-41(58)32-49(61)43(44)26-34-13-8-6-9-14-34/h6,8-9,13-14,17-18,22,24,29-32,35,37,39-40,42,45,47-48,51,57-61,64H,3-5,7,10-12,15-16,19-21,23,25-28,33H2,1-2H3,(H2,55,56)(H,62,63)/p-1/t35-,37+,39-,40+,42-,45+,47+,48-,51+,54+/m1/s1. The summed E-state index contributed by atoms with van der Waals surface area (Å²) in [6.45, 7) is 4.28. The number of allylic oxidation sites excluding steroid dienone is 1. The molecule has 0 saturated heterocycles. The molecule has 0 bridgehead atoms. The summed E-state index contributed by atoms with van der Waals surface area (Å²) in [5.74, 6) is -1.89. The van der Waals surface area contributed by atoms with Crippen molar-refractivity contribution in [1.29, 1.82) is 0 Å². The van der Waals surface area contributed by atoms with Gasteiger partial charge in [0.25, 0.3) is 0 Å². The highest BCUT2D eigenvalue weighted by Crippen LogP contribution is 2.54. The molecule has 3 aliphatic carbocycles. The molecule has 0 amide bonds. The van der Waals surface area contributed by atoms with Crippen LogP contribution in [0.5, 0.6) is 11.5 Å². The molecule has 0 spiro atoms. The van der Waals surface area contributed by atoms with Crippen LogP contribution in [-0.2, 0) is 24.1 Å². The van der Waals surface area contributed by atoms with Gasteiger partial charge in [-0.3, -0.25) is 4.79 Å². The van der Waals surface area contributed by atoms with Crippen molar-refractivity contribution in [3.63, 3.8) is 0 Å². The average Bonchev–Trinajstić information content (AvgIpc) is 3.84. The number of anilines is 1. The van der Waals surface area contributed by atoms with Gasteiger partial charge in [-0.05, 0) is 160 Å². The van der Waals surface area contributed by atoms with E-state index in [9.17, 15) is 35.4 Å². The van der Waals surface area contributed by atoms with Gasteiger partial charge in [-0.15, -0.1) is 5.75 Å². The molecule has 2 heterocycles. The molecule has 0 radical (unpaired) electrons. The Labute approximate surface area is 380 Å². The first-order chi connectivity index (χ1) is 30.8. The molecule has 10 atom stereocenters. The Morgan fingerprint density at radius 2 is 1.69 bits per heavy atom. The number of nitrogens with one attached hydrogen (secondary N) is 1. The molecule has 8 N–H and O–H groups in total. The number of aliphatic hydroxyl groups is 3. The van der Waals surface area contributed by atoms with Crippen LogP contribution in [0.2, 0.25) is 0 Å². The number of nitrogens with zero attached hydrogens (tertiary/aromatic N) is 1. The van der Waals surface area contributed by atoms with Gasteiger partial charge in [-0.1, -0.05) is 88.4 Å². The molecule has 64 heavy (non-hydrogen) atoms. The number of aliphatic hydroxyl groups excluding tert-OH is 2. The predicted octanol–water partition coefficient (Wildman–Crippen LogP) is 9.62. The fraction of sp³-hybridized carbons (Fsp3) is 0.556. The molecule has 10 heteroatoms. The van der Waals surface area contributed by atoms with Crippen LogP contribution in [0.25, 0.3) is 11.3 Å². The van der Waals surface area contributed by atoms with Crippen LogP contribution in [0.15, 0.2) is 79.0 Å². The van der Waals surface area contributed by atoms with E-state index in [1.165, 1.54) is 25.3 Å². The highest BCUT2D eigenvalue weighted by molar-refractivity contribution is 5.73. The maximum Gasteiger partial charge on any atom is 0.309 e. The molecule has 2 aromatic heterocycles. The van der Waals surface area contributed by atoms with Crippen molar-refractivity contribution in [3.8, 4) is 22.8 Å². The topological polar surface area (TPSA) is 196 Å². The molecule has 7 rings (SSSR count). The lowest BCUT2D eigenvalue weighted by Crippen LogP contribution is -2.42. The van der Waals surface area contributed by atoms with E-state index in [-0.39, 0.29) is 60.0 Å². The largest absolute Gasteiger partial charge is 0.872 e. The van der Waals surface area contributed by atoms with E-state index < -0.39 is 23.6 Å². The minimum Gasteiger partial charge on any atom is -0.872 e. The summed E-state index contributed by atoms with van der Waals surface area (Å²) >= 11 is 0. The van der Waals surface area contributed by atoms with Crippen molar-refractivity contribution in [2.75, 3.05) is 5.73 Å². The lowest BCUT2D eigenvalue weighted by Gasteiger charge is -2.40. The first-order valence-electron chi connectivity index (χ1n) is 24.3. The summed E-state index contributed by atoms with van der Waals surface area (Å²) in [7, 11) is 0. The van der Waals surface area contributed by atoms with Crippen molar-refractivity contribution in [2.24, 2.45) is 35.5 Å². The first-order valence-corrected chi connectivity index (χ1v) is 24.3. The second-order valence-electron chi connectivity index (χ2n) is 19.7. The molecule has 0 unspecified atom stereocenters. The normalized spacial score (nSPS) is 28.5. The Morgan fingerprint density at radius 1 is 0.906 bits per heavy atom. The molecule has 10 nitrogen and oxygen atoms in total. The van der Waals surface area contributed by atoms with Crippen LogP contribution in [0.1, 0.15) is 144 Å². The zero-order valence-corrected chi connectivity index (χ0v) is 38.0. The first kappa shape index (κ1) is 47.3. The lowest BCUT2D eigenvalue weighted by atomic mass is 9.69.